The van der Waals surface area contributed by atoms with E-state index in [2.05, 4.69) is 75.9 Å². The molecule has 4 rings (SSSR count). The van der Waals surface area contributed by atoms with Gasteiger partial charge in [-0.2, -0.15) is 0 Å². The molecule has 34 heavy (non-hydrogen) atoms. The van der Waals surface area contributed by atoms with Crippen molar-refractivity contribution in [3.8, 4) is 0 Å². The van der Waals surface area contributed by atoms with E-state index >= 15 is 0 Å². The highest BCUT2D eigenvalue weighted by atomic mass is 28.4. The van der Waals surface area contributed by atoms with E-state index in [1.807, 2.05) is 12.1 Å². The average Bonchev–Trinajstić information content (AvgIpc) is 3.25. The Morgan fingerprint density at radius 1 is 1.06 bits per heavy atom. The molecule has 4 nitrogen and oxygen atoms in total. The molecule has 2 aromatic rings. The van der Waals surface area contributed by atoms with Crippen LogP contribution in [-0.2, 0) is 18.7 Å². The minimum atomic E-state index is -2.72. The maximum absolute atomic E-state index is 13.5. The van der Waals surface area contributed by atoms with Gasteiger partial charge >= 0.3 is 0 Å². The van der Waals surface area contributed by atoms with Crippen molar-refractivity contribution >= 4 is 24.5 Å². The van der Waals surface area contributed by atoms with Gasteiger partial charge in [0.05, 0.1) is 12.5 Å². The van der Waals surface area contributed by atoms with Gasteiger partial charge in [-0.3, -0.25) is 4.79 Å². The number of carbonyl (C=O) groups is 1. The highest BCUT2D eigenvalue weighted by Crippen LogP contribution is 2.39. The molecular formula is C29H38O4Si. The number of hydrogen-bond donors (Lipinski definition) is 0. The summed E-state index contributed by atoms with van der Waals surface area (Å²) >= 11 is 0. The smallest absolute Gasteiger partial charge is 0.261 e. The molecule has 0 N–H and O–H groups in total. The predicted molar refractivity (Wildman–Crippen MR) is 139 cm³/mol. The molecule has 0 radical (unpaired) electrons. The molecule has 1 saturated heterocycles. The van der Waals surface area contributed by atoms with E-state index in [0.29, 0.717) is 6.61 Å². The van der Waals surface area contributed by atoms with Crippen LogP contribution in [-0.4, -0.2) is 39.2 Å². The Balaban J connectivity index is 1.59. The number of Topliss-reactive ketones (excluding diaryl/α,β-unsaturated/α-hetero) is 1. The zero-order valence-corrected chi connectivity index (χ0v) is 21.8. The summed E-state index contributed by atoms with van der Waals surface area (Å²) in [5.41, 5.74) is 0. The first-order chi connectivity index (χ1) is 16.3. The lowest BCUT2D eigenvalue weighted by Crippen LogP contribution is -2.67. The number of carbonyl (C=O) groups excluding carboxylic acids is 1. The molecule has 1 aliphatic carbocycles. The summed E-state index contributed by atoms with van der Waals surface area (Å²) in [6.45, 7) is 11.3. The van der Waals surface area contributed by atoms with Crippen LogP contribution in [0, 0.1) is 5.92 Å². The summed E-state index contributed by atoms with van der Waals surface area (Å²) in [4.78, 5) is 13.5. The molecule has 0 amide bonds. The standard InChI is InChI=1S/C29H38O4Si/c1-5-23(27(30)26-22-31-29(33-26)19-13-8-14-20-29)21-32-34(28(2,3)4,24-15-9-6-10-16-24)25-17-11-7-12-18-25/h5-7,9-12,15-18,23,26H,1,8,13-14,19-22H2,2-4H3/t23-,26+/m0/s1. The van der Waals surface area contributed by atoms with E-state index in [4.69, 9.17) is 13.9 Å². The summed E-state index contributed by atoms with van der Waals surface area (Å²) in [6.07, 6.45) is 6.28. The van der Waals surface area contributed by atoms with Crippen molar-refractivity contribution < 1.29 is 18.7 Å². The van der Waals surface area contributed by atoms with Crippen LogP contribution in [0.4, 0.5) is 0 Å². The van der Waals surface area contributed by atoms with E-state index in [-0.39, 0.29) is 17.4 Å². The number of ketones is 1. The third-order valence-electron chi connectivity index (χ3n) is 7.33. The first-order valence-electron chi connectivity index (χ1n) is 12.5. The number of rotatable bonds is 8. The van der Waals surface area contributed by atoms with Crippen molar-refractivity contribution in [2.45, 2.75) is 69.8 Å². The lowest BCUT2D eigenvalue weighted by molar-refractivity contribution is -0.189. The summed E-state index contributed by atoms with van der Waals surface area (Å²) in [5.74, 6) is -1.01. The van der Waals surface area contributed by atoms with Crippen LogP contribution in [0.2, 0.25) is 5.04 Å². The molecule has 2 aliphatic rings. The predicted octanol–water partition coefficient (Wildman–Crippen LogP) is 5.01. The van der Waals surface area contributed by atoms with E-state index < -0.39 is 26.1 Å². The van der Waals surface area contributed by atoms with Gasteiger partial charge in [-0.1, -0.05) is 93.9 Å². The van der Waals surface area contributed by atoms with E-state index in [9.17, 15) is 4.79 Å². The Morgan fingerprint density at radius 2 is 1.62 bits per heavy atom. The lowest BCUT2D eigenvalue weighted by Gasteiger charge is -2.43. The van der Waals surface area contributed by atoms with Crippen LogP contribution in [0.1, 0.15) is 52.9 Å². The minimum Gasteiger partial charge on any atom is -0.406 e. The van der Waals surface area contributed by atoms with Crippen molar-refractivity contribution in [3.05, 3.63) is 73.3 Å². The van der Waals surface area contributed by atoms with Crippen molar-refractivity contribution in [3.63, 3.8) is 0 Å². The molecule has 0 unspecified atom stereocenters. The van der Waals surface area contributed by atoms with Crippen LogP contribution in [0.25, 0.3) is 0 Å². The third kappa shape index (κ3) is 4.85. The van der Waals surface area contributed by atoms with Gasteiger partial charge in [-0.05, 0) is 28.3 Å². The molecule has 182 valence electrons. The summed E-state index contributed by atoms with van der Waals surface area (Å²) in [7, 11) is -2.72. The Hall–Kier alpha value is -2.05. The Kier molecular flexibility index (Phi) is 7.58. The number of ether oxygens (including phenoxy) is 2. The zero-order chi connectivity index (χ0) is 24.2. The molecule has 2 aromatic carbocycles. The van der Waals surface area contributed by atoms with E-state index in [1.54, 1.807) is 6.08 Å². The molecule has 1 aliphatic heterocycles. The van der Waals surface area contributed by atoms with Gasteiger partial charge in [-0.25, -0.2) is 0 Å². The first kappa shape index (κ1) is 25.1. The highest BCUT2D eigenvalue weighted by Gasteiger charge is 2.51. The van der Waals surface area contributed by atoms with Crippen molar-refractivity contribution in [1.29, 1.82) is 0 Å². The second kappa shape index (κ2) is 10.3. The topological polar surface area (TPSA) is 44.8 Å². The van der Waals surface area contributed by atoms with Gasteiger partial charge in [0, 0.05) is 19.4 Å². The van der Waals surface area contributed by atoms with Crippen molar-refractivity contribution in [2.75, 3.05) is 13.2 Å². The van der Waals surface area contributed by atoms with Crippen LogP contribution in [0.3, 0.4) is 0 Å². The van der Waals surface area contributed by atoms with Gasteiger partial charge in [0.2, 0.25) is 0 Å². The van der Waals surface area contributed by atoms with E-state index in [0.717, 1.165) is 25.7 Å². The average molecular weight is 479 g/mol. The molecule has 1 saturated carbocycles. The Morgan fingerprint density at radius 3 is 2.12 bits per heavy atom. The van der Waals surface area contributed by atoms with Crippen molar-refractivity contribution in [1.82, 2.24) is 0 Å². The van der Waals surface area contributed by atoms with Gasteiger partial charge in [-0.15, -0.1) is 6.58 Å². The maximum Gasteiger partial charge on any atom is 0.261 e. The molecule has 2 atom stereocenters. The maximum atomic E-state index is 13.5. The molecule has 0 bridgehead atoms. The number of hydrogen-bond acceptors (Lipinski definition) is 4. The normalized spacial score (nSPS) is 21.3. The highest BCUT2D eigenvalue weighted by molar-refractivity contribution is 6.99. The zero-order valence-electron chi connectivity index (χ0n) is 20.8. The van der Waals surface area contributed by atoms with Crippen LogP contribution < -0.4 is 10.4 Å². The molecule has 2 fully saturated rings. The van der Waals surface area contributed by atoms with Gasteiger partial charge in [0.25, 0.3) is 8.32 Å². The van der Waals surface area contributed by atoms with Gasteiger partial charge < -0.3 is 13.9 Å². The lowest BCUT2D eigenvalue weighted by atomic mass is 9.94. The summed E-state index contributed by atoms with van der Waals surface area (Å²) in [5, 5.41) is 2.25. The van der Waals surface area contributed by atoms with Crippen LogP contribution in [0.15, 0.2) is 73.3 Å². The van der Waals surface area contributed by atoms with Crippen LogP contribution in [0.5, 0.6) is 0 Å². The molecular weight excluding hydrogens is 440 g/mol. The van der Waals surface area contributed by atoms with Gasteiger partial charge in [0.1, 0.15) is 6.10 Å². The molecule has 1 spiro atoms. The fraction of sp³-hybridized carbons (Fsp3) is 0.483. The quantitative estimate of drug-likeness (QED) is 0.395. The van der Waals surface area contributed by atoms with E-state index in [1.165, 1.54) is 16.8 Å². The monoisotopic (exact) mass is 478 g/mol. The number of benzene rings is 2. The molecule has 5 heteroatoms. The van der Waals surface area contributed by atoms with Crippen LogP contribution >= 0.6 is 0 Å². The minimum absolute atomic E-state index is 0.00961. The Labute approximate surface area is 205 Å². The second-order valence-electron chi connectivity index (χ2n) is 10.6. The fourth-order valence-electron chi connectivity index (χ4n) is 5.53. The van der Waals surface area contributed by atoms with Crippen molar-refractivity contribution in [2.24, 2.45) is 5.92 Å². The third-order valence-corrected chi connectivity index (χ3v) is 12.3. The fourth-order valence-corrected chi connectivity index (χ4v) is 10.1. The summed E-state index contributed by atoms with van der Waals surface area (Å²) in [6, 6.07) is 21.0. The van der Waals surface area contributed by atoms with Gasteiger partial charge in [0.15, 0.2) is 11.6 Å². The SMILES string of the molecule is C=C[C@@H](CO[Si](c1ccccc1)(c1ccccc1)C(C)(C)C)C(=O)[C@H]1COC2(CCCCC2)O1. The molecule has 1 heterocycles. The Bertz CT molecular complexity index is 921. The second-order valence-corrected chi connectivity index (χ2v) is 14.9. The molecule has 0 aromatic heterocycles. The largest absolute Gasteiger partial charge is 0.406 e. The summed E-state index contributed by atoms with van der Waals surface area (Å²) < 4.78 is 19.3. The first-order valence-corrected chi connectivity index (χ1v) is 14.5.